The molecule has 0 saturated heterocycles. The van der Waals surface area contributed by atoms with Crippen molar-refractivity contribution in [3.05, 3.63) is 91.8 Å². The lowest BCUT2D eigenvalue weighted by molar-refractivity contribution is 0.0600. The molecular formula is C22H19ClN4O4. The first-order valence-corrected chi connectivity index (χ1v) is 9.96. The fourth-order valence-corrected chi connectivity index (χ4v) is 3.59. The second-order valence-electron chi connectivity index (χ2n) is 6.88. The van der Waals surface area contributed by atoms with Gasteiger partial charge in [0.2, 0.25) is 0 Å². The highest BCUT2D eigenvalue weighted by Gasteiger charge is 2.18. The van der Waals surface area contributed by atoms with Crippen molar-refractivity contribution in [2.45, 2.75) is 20.0 Å². The van der Waals surface area contributed by atoms with Gasteiger partial charge in [-0.15, -0.1) is 0 Å². The van der Waals surface area contributed by atoms with E-state index in [9.17, 15) is 14.4 Å². The number of carbonyl (C=O) groups is 1. The number of rotatable bonds is 5. The number of nitrogens with zero attached hydrogens (tertiary/aromatic N) is 4. The molecule has 0 radical (unpaired) electrons. The van der Waals surface area contributed by atoms with Crippen LogP contribution in [0.5, 0.6) is 0 Å². The number of benzene rings is 2. The highest BCUT2D eigenvalue weighted by Crippen LogP contribution is 2.17. The molecule has 0 spiro atoms. The molecule has 4 aromatic rings. The van der Waals surface area contributed by atoms with E-state index in [1.165, 1.54) is 22.6 Å². The Bertz CT molecular complexity index is 1380. The van der Waals surface area contributed by atoms with Crippen molar-refractivity contribution >= 4 is 28.7 Å². The predicted molar refractivity (Wildman–Crippen MR) is 117 cm³/mol. The number of carbonyl (C=O) groups excluding carboxylic acids is 1. The Kier molecular flexibility index (Phi) is 5.48. The van der Waals surface area contributed by atoms with Crippen LogP contribution in [0.25, 0.3) is 16.9 Å². The van der Waals surface area contributed by atoms with Crippen LogP contribution in [0, 0.1) is 0 Å². The van der Waals surface area contributed by atoms with Crippen LogP contribution in [0.15, 0.2) is 64.4 Å². The highest BCUT2D eigenvalue weighted by molar-refractivity contribution is 6.30. The van der Waals surface area contributed by atoms with Crippen molar-refractivity contribution < 1.29 is 9.53 Å². The van der Waals surface area contributed by atoms with Gasteiger partial charge in [0.15, 0.2) is 11.2 Å². The predicted octanol–water partition coefficient (Wildman–Crippen LogP) is 2.86. The summed E-state index contributed by atoms with van der Waals surface area (Å²) in [6.07, 6.45) is 1.53. The fraction of sp³-hybridized carbons (Fsp3) is 0.182. The lowest BCUT2D eigenvalue weighted by atomic mass is 10.1. The third-order valence-corrected chi connectivity index (χ3v) is 5.28. The molecule has 0 bridgehead atoms. The average molecular weight is 439 g/mol. The summed E-state index contributed by atoms with van der Waals surface area (Å²) in [7, 11) is 1.33. The minimum Gasteiger partial charge on any atom is -0.465 e. The van der Waals surface area contributed by atoms with Gasteiger partial charge >= 0.3 is 11.7 Å². The number of hydrogen-bond acceptors (Lipinski definition) is 5. The lowest BCUT2D eigenvalue weighted by Gasteiger charge is -2.12. The van der Waals surface area contributed by atoms with Crippen LogP contribution in [0.2, 0.25) is 5.02 Å². The summed E-state index contributed by atoms with van der Waals surface area (Å²) in [6, 6.07) is 13.7. The summed E-state index contributed by atoms with van der Waals surface area (Å²) < 4.78 is 9.00. The monoisotopic (exact) mass is 438 g/mol. The van der Waals surface area contributed by atoms with Gasteiger partial charge in [0.25, 0.3) is 5.56 Å². The summed E-state index contributed by atoms with van der Waals surface area (Å²) in [4.78, 5) is 42.1. The van der Waals surface area contributed by atoms with Crippen LogP contribution in [0.4, 0.5) is 0 Å². The zero-order valence-electron chi connectivity index (χ0n) is 16.9. The number of imidazole rings is 1. The molecule has 31 heavy (non-hydrogen) atoms. The van der Waals surface area contributed by atoms with Crippen LogP contribution >= 0.6 is 11.6 Å². The standard InChI is InChI=1S/C22H19ClN4O4/c1-3-26-20(28)18-19(27(22(26)30)17-10-8-16(23)9-11-17)24-13-25(18)12-14-4-6-15(7-5-14)21(29)31-2/h4-11,13H,3,12H2,1-2H3. The van der Waals surface area contributed by atoms with Crippen LogP contribution in [-0.2, 0) is 17.8 Å². The first-order chi connectivity index (χ1) is 14.9. The first-order valence-electron chi connectivity index (χ1n) is 9.58. The fourth-order valence-electron chi connectivity index (χ4n) is 3.46. The number of hydrogen-bond donors (Lipinski definition) is 0. The Morgan fingerprint density at radius 2 is 1.74 bits per heavy atom. The number of aromatic nitrogens is 4. The Balaban J connectivity index is 1.86. The normalized spacial score (nSPS) is 11.1. The third-order valence-electron chi connectivity index (χ3n) is 5.03. The van der Waals surface area contributed by atoms with Crippen molar-refractivity contribution in [1.82, 2.24) is 18.7 Å². The molecule has 0 aliphatic carbocycles. The summed E-state index contributed by atoms with van der Waals surface area (Å²) in [5.41, 5.74) is 1.58. The average Bonchev–Trinajstić information content (AvgIpc) is 3.18. The van der Waals surface area contributed by atoms with Gasteiger partial charge < -0.3 is 9.30 Å². The van der Waals surface area contributed by atoms with Crippen LogP contribution < -0.4 is 11.2 Å². The molecule has 0 amide bonds. The zero-order valence-corrected chi connectivity index (χ0v) is 17.7. The maximum absolute atomic E-state index is 13.1. The van der Waals surface area contributed by atoms with E-state index in [1.807, 2.05) is 0 Å². The van der Waals surface area contributed by atoms with Gasteiger partial charge in [-0.05, 0) is 48.9 Å². The van der Waals surface area contributed by atoms with Gasteiger partial charge in [-0.2, -0.15) is 0 Å². The van der Waals surface area contributed by atoms with Gasteiger partial charge in [0.05, 0.1) is 24.7 Å². The number of ether oxygens (including phenoxy) is 1. The molecule has 4 rings (SSSR count). The molecule has 2 aromatic carbocycles. The van der Waals surface area contributed by atoms with Crippen molar-refractivity contribution in [3.8, 4) is 5.69 Å². The van der Waals surface area contributed by atoms with E-state index in [-0.39, 0.29) is 12.2 Å². The molecule has 2 heterocycles. The largest absolute Gasteiger partial charge is 0.465 e. The topological polar surface area (TPSA) is 88.1 Å². The van der Waals surface area contributed by atoms with E-state index < -0.39 is 17.2 Å². The Morgan fingerprint density at radius 1 is 1.06 bits per heavy atom. The van der Waals surface area contributed by atoms with Gasteiger partial charge in [-0.1, -0.05) is 23.7 Å². The van der Waals surface area contributed by atoms with E-state index in [0.717, 1.165) is 5.56 Å². The molecule has 0 aliphatic heterocycles. The second-order valence-corrected chi connectivity index (χ2v) is 7.31. The van der Waals surface area contributed by atoms with Crippen molar-refractivity contribution in [2.24, 2.45) is 0 Å². The van der Waals surface area contributed by atoms with Crippen molar-refractivity contribution in [2.75, 3.05) is 7.11 Å². The summed E-state index contributed by atoms with van der Waals surface area (Å²) in [6.45, 7) is 2.31. The highest BCUT2D eigenvalue weighted by atomic mass is 35.5. The molecule has 0 atom stereocenters. The van der Waals surface area contributed by atoms with Crippen LogP contribution in [0.1, 0.15) is 22.8 Å². The van der Waals surface area contributed by atoms with Crippen molar-refractivity contribution in [1.29, 1.82) is 0 Å². The molecule has 158 valence electrons. The molecule has 0 fully saturated rings. The molecule has 0 unspecified atom stereocenters. The molecular weight excluding hydrogens is 420 g/mol. The van der Waals surface area contributed by atoms with E-state index >= 15 is 0 Å². The smallest absolute Gasteiger partial charge is 0.337 e. The maximum atomic E-state index is 13.1. The van der Waals surface area contributed by atoms with E-state index in [0.29, 0.717) is 28.3 Å². The summed E-state index contributed by atoms with van der Waals surface area (Å²) >= 11 is 5.98. The Hall–Kier alpha value is -3.65. The molecule has 0 N–H and O–H groups in total. The first kappa shape index (κ1) is 20.6. The van der Waals surface area contributed by atoms with Crippen LogP contribution in [-0.4, -0.2) is 31.8 Å². The number of fused-ring (bicyclic) bond motifs is 1. The minimum absolute atomic E-state index is 0.222. The van der Waals surface area contributed by atoms with E-state index in [1.54, 1.807) is 60.0 Å². The second kappa shape index (κ2) is 8.23. The van der Waals surface area contributed by atoms with Gasteiger partial charge in [-0.3, -0.25) is 9.36 Å². The quantitative estimate of drug-likeness (QED) is 0.447. The van der Waals surface area contributed by atoms with Gasteiger partial charge in [0, 0.05) is 18.1 Å². The molecule has 8 nitrogen and oxygen atoms in total. The third kappa shape index (κ3) is 3.66. The van der Waals surface area contributed by atoms with E-state index in [4.69, 9.17) is 16.3 Å². The van der Waals surface area contributed by atoms with E-state index in [2.05, 4.69) is 4.98 Å². The zero-order chi connectivity index (χ0) is 22.1. The number of methoxy groups -OCH3 is 1. The SMILES string of the molecule is CCn1c(=O)c2c(ncn2Cc2ccc(C(=O)OC)cc2)n(-c2ccc(Cl)cc2)c1=O. The van der Waals surface area contributed by atoms with Crippen LogP contribution in [0.3, 0.4) is 0 Å². The summed E-state index contributed by atoms with van der Waals surface area (Å²) in [5.74, 6) is -0.419. The Morgan fingerprint density at radius 3 is 2.35 bits per heavy atom. The molecule has 9 heteroatoms. The van der Waals surface area contributed by atoms with Gasteiger partial charge in [0.1, 0.15) is 0 Å². The number of halogens is 1. The van der Waals surface area contributed by atoms with Crippen molar-refractivity contribution in [3.63, 3.8) is 0 Å². The number of esters is 1. The molecule has 2 aromatic heterocycles. The Labute approximate surface area is 181 Å². The molecule has 0 saturated carbocycles. The molecule has 0 aliphatic rings. The van der Waals surface area contributed by atoms with Gasteiger partial charge in [-0.25, -0.2) is 19.1 Å². The maximum Gasteiger partial charge on any atom is 0.337 e. The summed E-state index contributed by atoms with van der Waals surface area (Å²) in [5, 5.41) is 0.540. The minimum atomic E-state index is -0.463. The lowest BCUT2D eigenvalue weighted by Crippen LogP contribution is -2.39.